The first-order chi connectivity index (χ1) is 9.34. The minimum Gasteiger partial charge on any atom is -0.392 e. The zero-order valence-electron chi connectivity index (χ0n) is 10.8. The number of aliphatic hydroxyl groups excluding tert-OH is 1. The molecule has 4 rings (SSSR count). The molecule has 2 heteroatoms. The van der Waals surface area contributed by atoms with E-state index in [1.54, 1.807) is 11.3 Å². The molecule has 2 aromatic rings. The van der Waals surface area contributed by atoms with Crippen LogP contribution in [0.1, 0.15) is 29.0 Å². The molecule has 2 aliphatic carbocycles. The first-order valence-corrected chi connectivity index (χ1v) is 8.06. The van der Waals surface area contributed by atoms with Crippen molar-refractivity contribution in [3.63, 3.8) is 0 Å². The SMILES string of the molecule is OC(Cc1ccsc1)C1C2CCc3ccccc3C21. The summed E-state index contributed by atoms with van der Waals surface area (Å²) in [4.78, 5) is 0. The number of benzene rings is 1. The summed E-state index contributed by atoms with van der Waals surface area (Å²) < 4.78 is 0. The zero-order chi connectivity index (χ0) is 12.8. The Labute approximate surface area is 117 Å². The molecule has 1 nitrogen and oxygen atoms in total. The van der Waals surface area contributed by atoms with Crippen LogP contribution >= 0.6 is 11.3 Å². The topological polar surface area (TPSA) is 20.2 Å². The van der Waals surface area contributed by atoms with Crippen molar-refractivity contribution >= 4 is 11.3 Å². The standard InChI is InChI=1S/C17H18OS/c18-15(9-11-7-8-19-10-11)17-14-6-5-12-3-1-2-4-13(12)16(14)17/h1-4,7-8,10,14-18H,5-6,9H2. The normalized spacial score (nSPS) is 29.4. The third kappa shape index (κ3) is 1.94. The van der Waals surface area contributed by atoms with Crippen molar-refractivity contribution < 1.29 is 5.11 Å². The maximum Gasteiger partial charge on any atom is 0.0617 e. The zero-order valence-corrected chi connectivity index (χ0v) is 11.6. The number of hydrogen-bond donors (Lipinski definition) is 1. The van der Waals surface area contributed by atoms with E-state index in [0.717, 1.165) is 12.3 Å². The van der Waals surface area contributed by atoms with Gasteiger partial charge in [0.15, 0.2) is 0 Å². The molecule has 1 aromatic carbocycles. The molecule has 19 heavy (non-hydrogen) atoms. The van der Waals surface area contributed by atoms with Crippen molar-refractivity contribution in [3.8, 4) is 0 Å². The van der Waals surface area contributed by atoms with Crippen molar-refractivity contribution in [1.29, 1.82) is 0 Å². The first-order valence-electron chi connectivity index (χ1n) is 7.11. The maximum atomic E-state index is 10.5. The second kappa shape index (κ2) is 4.46. The van der Waals surface area contributed by atoms with Gasteiger partial charge in [-0.1, -0.05) is 24.3 Å². The summed E-state index contributed by atoms with van der Waals surface area (Å²) in [6.07, 6.45) is 3.10. The Morgan fingerprint density at radius 1 is 1.26 bits per heavy atom. The average molecular weight is 270 g/mol. The summed E-state index contributed by atoms with van der Waals surface area (Å²) in [5, 5.41) is 14.8. The van der Waals surface area contributed by atoms with E-state index >= 15 is 0 Å². The van der Waals surface area contributed by atoms with Crippen LogP contribution in [0.4, 0.5) is 0 Å². The van der Waals surface area contributed by atoms with Crippen LogP contribution in [-0.2, 0) is 12.8 Å². The van der Waals surface area contributed by atoms with Crippen LogP contribution in [0.3, 0.4) is 0 Å². The highest BCUT2D eigenvalue weighted by atomic mass is 32.1. The Morgan fingerprint density at radius 3 is 3.00 bits per heavy atom. The Balaban J connectivity index is 1.54. The molecule has 1 N–H and O–H groups in total. The van der Waals surface area contributed by atoms with Crippen LogP contribution in [0, 0.1) is 11.8 Å². The first kappa shape index (κ1) is 11.7. The molecular weight excluding hydrogens is 252 g/mol. The summed E-state index contributed by atoms with van der Waals surface area (Å²) in [7, 11) is 0. The van der Waals surface area contributed by atoms with Crippen LogP contribution in [-0.4, -0.2) is 11.2 Å². The van der Waals surface area contributed by atoms with E-state index < -0.39 is 0 Å². The van der Waals surface area contributed by atoms with Crippen molar-refractivity contribution in [2.75, 3.05) is 0 Å². The van der Waals surface area contributed by atoms with E-state index in [1.807, 2.05) is 0 Å². The second-order valence-corrected chi connectivity index (χ2v) is 6.69. The molecule has 1 saturated carbocycles. The second-order valence-electron chi connectivity index (χ2n) is 5.91. The highest BCUT2D eigenvalue weighted by Crippen LogP contribution is 2.61. The molecule has 0 amide bonds. The summed E-state index contributed by atoms with van der Waals surface area (Å²) in [5.74, 6) is 1.84. The third-order valence-corrected chi connectivity index (χ3v) is 5.59. The summed E-state index contributed by atoms with van der Waals surface area (Å²) in [6.45, 7) is 0. The molecule has 1 heterocycles. The summed E-state index contributed by atoms with van der Waals surface area (Å²) >= 11 is 1.72. The van der Waals surface area contributed by atoms with Gasteiger partial charge >= 0.3 is 0 Å². The Morgan fingerprint density at radius 2 is 2.16 bits per heavy atom. The van der Waals surface area contributed by atoms with Gasteiger partial charge in [0.1, 0.15) is 0 Å². The van der Waals surface area contributed by atoms with Crippen molar-refractivity contribution in [3.05, 3.63) is 57.8 Å². The molecule has 0 spiro atoms. The Bertz CT molecular complexity index is 575. The Kier molecular flexibility index (Phi) is 2.75. The fraction of sp³-hybridized carbons (Fsp3) is 0.412. The van der Waals surface area contributed by atoms with Gasteiger partial charge in [0.2, 0.25) is 0 Å². The fourth-order valence-corrected chi connectivity index (χ4v) is 4.61. The van der Waals surface area contributed by atoms with E-state index in [1.165, 1.54) is 29.5 Å². The van der Waals surface area contributed by atoms with Crippen LogP contribution in [0.2, 0.25) is 0 Å². The van der Waals surface area contributed by atoms with Gasteiger partial charge in [0, 0.05) is 0 Å². The predicted molar refractivity (Wildman–Crippen MR) is 78.5 cm³/mol. The molecule has 2 aliphatic rings. The minimum atomic E-state index is -0.171. The van der Waals surface area contributed by atoms with Gasteiger partial charge in [0.05, 0.1) is 6.10 Å². The lowest BCUT2D eigenvalue weighted by Crippen LogP contribution is -2.14. The molecule has 4 atom stereocenters. The monoisotopic (exact) mass is 270 g/mol. The van der Waals surface area contributed by atoms with E-state index in [-0.39, 0.29) is 6.10 Å². The number of thiophene rings is 1. The van der Waals surface area contributed by atoms with E-state index in [2.05, 4.69) is 41.1 Å². The number of hydrogen-bond acceptors (Lipinski definition) is 2. The van der Waals surface area contributed by atoms with Crippen molar-refractivity contribution in [2.24, 2.45) is 11.8 Å². The largest absolute Gasteiger partial charge is 0.392 e. The highest BCUT2D eigenvalue weighted by Gasteiger charge is 2.55. The molecule has 0 aliphatic heterocycles. The number of aliphatic hydroxyl groups is 1. The molecule has 98 valence electrons. The Hall–Kier alpha value is -1.12. The van der Waals surface area contributed by atoms with Gasteiger partial charge < -0.3 is 5.11 Å². The maximum absolute atomic E-state index is 10.5. The van der Waals surface area contributed by atoms with Crippen molar-refractivity contribution in [2.45, 2.75) is 31.3 Å². The quantitative estimate of drug-likeness (QED) is 0.903. The third-order valence-electron chi connectivity index (χ3n) is 4.86. The van der Waals surface area contributed by atoms with Gasteiger partial charge in [-0.15, -0.1) is 0 Å². The van der Waals surface area contributed by atoms with Crippen LogP contribution in [0.5, 0.6) is 0 Å². The van der Waals surface area contributed by atoms with Gasteiger partial charge in [0.25, 0.3) is 0 Å². The van der Waals surface area contributed by atoms with E-state index in [4.69, 9.17) is 0 Å². The average Bonchev–Trinajstić information content (AvgIpc) is 2.98. The van der Waals surface area contributed by atoms with Gasteiger partial charge in [-0.3, -0.25) is 0 Å². The van der Waals surface area contributed by atoms with Crippen LogP contribution < -0.4 is 0 Å². The smallest absolute Gasteiger partial charge is 0.0617 e. The molecule has 4 unspecified atom stereocenters. The minimum absolute atomic E-state index is 0.171. The van der Waals surface area contributed by atoms with Gasteiger partial charge in [-0.05, 0) is 70.5 Å². The van der Waals surface area contributed by atoms with E-state index in [9.17, 15) is 5.11 Å². The molecule has 1 fully saturated rings. The lowest BCUT2D eigenvalue weighted by Gasteiger charge is -2.13. The van der Waals surface area contributed by atoms with Crippen molar-refractivity contribution in [1.82, 2.24) is 0 Å². The van der Waals surface area contributed by atoms with Crippen LogP contribution in [0.25, 0.3) is 0 Å². The molecule has 1 aromatic heterocycles. The van der Waals surface area contributed by atoms with E-state index in [0.29, 0.717) is 11.8 Å². The molecule has 0 bridgehead atoms. The number of fused-ring (bicyclic) bond motifs is 3. The number of rotatable bonds is 3. The van der Waals surface area contributed by atoms with Crippen LogP contribution in [0.15, 0.2) is 41.1 Å². The lowest BCUT2D eigenvalue weighted by atomic mass is 9.92. The number of aryl methyl sites for hydroxylation is 1. The van der Waals surface area contributed by atoms with Gasteiger partial charge in [-0.25, -0.2) is 0 Å². The summed E-state index contributed by atoms with van der Waals surface area (Å²) in [5.41, 5.74) is 4.30. The summed E-state index contributed by atoms with van der Waals surface area (Å²) in [6, 6.07) is 10.9. The fourth-order valence-electron chi connectivity index (χ4n) is 3.93. The lowest BCUT2D eigenvalue weighted by molar-refractivity contribution is 0.143. The van der Waals surface area contributed by atoms with Gasteiger partial charge in [-0.2, -0.15) is 11.3 Å². The molecule has 0 radical (unpaired) electrons. The predicted octanol–water partition coefficient (Wildman–Crippen LogP) is 3.63. The highest BCUT2D eigenvalue weighted by molar-refractivity contribution is 7.07. The molecule has 0 saturated heterocycles. The molecular formula is C17H18OS.